The second-order valence-corrected chi connectivity index (χ2v) is 4.90. The summed E-state index contributed by atoms with van der Waals surface area (Å²) >= 11 is 0. The Labute approximate surface area is 129 Å². The quantitative estimate of drug-likeness (QED) is 0.911. The van der Waals surface area contributed by atoms with Crippen LogP contribution in [0.5, 0.6) is 5.75 Å². The molecular weight excluding hydrogens is 315 g/mol. The summed E-state index contributed by atoms with van der Waals surface area (Å²) < 4.78 is 46.6. The van der Waals surface area contributed by atoms with E-state index in [2.05, 4.69) is 20.0 Å². The van der Waals surface area contributed by atoms with Gasteiger partial charge >= 0.3 is 6.18 Å². The molecule has 0 saturated heterocycles. The third-order valence-electron chi connectivity index (χ3n) is 2.72. The van der Waals surface area contributed by atoms with Gasteiger partial charge in [0.25, 0.3) is 11.7 Å². The number of benzene rings is 1. The van der Waals surface area contributed by atoms with E-state index in [1.165, 1.54) is 0 Å². The molecule has 0 atom stereocenters. The number of nitrogens with one attached hydrogen (secondary N) is 1. The number of carbonyl (C=O) groups excluding carboxylic acids is 1. The summed E-state index contributed by atoms with van der Waals surface area (Å²) in [5.41, 5.74) is 1.98. The van der Waals surface area contributed by atoms with Crippen molar-refractivity contribution in [2.75, 3.05) is 6.61 Å². The summed E-state index contributed by atoms with van der Waals surface area (Å²) in [6, 6.07) is 5.50. The molecule has 124 valence electrons. The number of aryl methyl sites for hydroxylation is 2. The second kappa shape index (κ2) is 6.67. The Bertz CT molecular complexity index is 678. The zero-order valence-corrected chi connectivity index (χ0v) is 12.4. The minimum absolute atomic E-state index is 0.275. The summed E-state index contributed by atoms with van der Waals surface area (Å²) in [6.45, 7) is 3.21. The van der Waals surface area contributed by atoms with Crippen LogP contribution in [-0.4, -0.2) is 22.7 Å². The van der Waals surface area contributed by atoms with Crippen LogP contribution in [0.25, 0.3) is 0 Å². The number of carbonyl (C=O) groups is 1. The highest BCUT2D eigenvalue weighted by molar-refractivity contribution is 5.77. The average Bonchev–Trinajstić information content (AvgIpc) is 2.91. The molecule has 6 nitrogen and oxygen atoms in total. The van der Waals surface area contributed by atoms with Gasteiger partial charge in [-0.15, -0.1) is 0 Å². The van der Waals surface area contributed by atoms with E-state index in [9.17, 15) is 18.0 Å². The van der Waals surface area contributed by atoms with E-state index < -0.39 is 17.9 Å². The standard InChI is InChI=1S/C14H14F3N3O3/c1-8-3-9(2)5-10(4-8)22-7-11(21)18-6-12-19-13(20-23-12)14(15,16)17/h3-5H,6-7H2,1-2H3,(H,18,21). The molecule has 0 spiro atoms. The van der Waals surface area contributed by atoms with E-state index in [1.54, 1.807) is 12.1 Å². The Morgan fingerprint density at radius 2 is 1.91 bits per heavy atom. The van der Waals surface area contributed by atoms with Crippen LogP contribution < -0.4 is 10.1 Å². The zero-order chi connectivity index (χ0) is 17.0. The monoisotopic (exact) mass is 329 g/mol. The van der Waals surface area contributed by atoms with Crippen LogP contribution in [0, 0.1) is 13.8 Å². The largest absolute Gasteiger partial charge is 0.484 e. The number of ether oxygens (including phenoxy) is 1. The molecular formula is C14H14F3N3O3. The fourth-order valence-electron chi connectivity index (χ4n) is 1.83. The lowest BCUT2D eigenvalue weighted by molar-refractivity contribution is -0.146. The number of hydrogen-bond acceptors (Lipinski definition) is 5. The summed E-state index contributed by atoms with van der Waals surface area (Å²) in [5.74, 6) is -1.70. The van der Waals surface area contributed by atoms with Gasteiger partial charge in [0.1, 0.15) is 5.75 Å². The van der Waals surface area contributed by atoms with Crippen molar-refractivity contribution in [3.05, 3.63) is 41.0 Å². The second-order valence-electron chi connectivity index (χ2n) is 4.90. The molecule has 0 fully saturated rings. The van der Waals surface area contributed by atoms with Crippen LogP contribution in [0.2, 0.25) is 0 Å². The van der Waals surface area contributed by atoms with Crippen LogP contribution >= 0.6 is 0 Å². The lowest BCUT2D eigenvalue weighted by atomic mass is 10.1. The maximum absolute atomic E-state index is 12.3. The fraction of sp³-hybridized carbons (Fsp3) is 0.357. The Morgan fingerprint density at radius 1 is 1.26 bits per heavy atom. The molecule has 0 radical (unpaired) electrons. The normalized spacial score (nSPS) is 11.3. The molecule has 9 heteroatoms. The molecule has 1 aromatic heterocycles. The van der Waals surface area contributed by atoms with E-state index in [0.717, 1.165) is 11.1 Å². The van der Waals surface area contributed by atoms with Crippen molar-refractivity contribution >= 4 is 5.91 Å². The zero-order valence-electron chi connectivity index (χ0n) is 12.4. The highest BCUT2D eigenvalue weighted by Crippen LogP contribution is 2.26. The smallest absolute Gasteiger partial charge is 0.455 e. The van der Waals surface area contributed by atoms with Crippen LogP contribution in [0.15, 0.2) is 22.7 Å². The van der Waals surface area contributed by atoms with Gasteiger partial charge in [-0.3, -0.25) is 4.79 Å². The molecule has 0 aliphatic carbocycles. The molecule has 0 aliphatic rings. The van der Waals surface area contributed by atoms with Gasteiger partial charge in [-0.2, -0.15) is 18.2 Å². The van der Waals surface area contributed by atoms with Crippen molar-refractivity contribution in [2.45, 2.75) is 26.6 Å². The molecule has 1 amide bonds. The molecule has 0 bridgehead atoms. The van der Waals surface area contributed by atoms with Crippen molar-refractivity contribution in [1.29, 1.82) is 0 Å². The Morgan fingerprint density at radius 3 is 2.48 bits per heavy atom. The molecule has 2 aromatic rings. The van der Waals surface area contributed by atoms with Crippen LogP contribution in [0.3, 0.4) is 0 Å². The van der Waals surface area contributed by atoms with Gasteiger partial charge in [0.05, 0.1) is 6.54 Å². The van der Waals surface area contributed by atoms with Crippen LogP contribution in [0.4, 0.5) is 13.2 Å². The molecule has 0 aliphatic heterocycles. The van der Waals surface area contributed by atoms with Gasteiger partial charge < -0.3 is 14.6 Å². The summed E-state index contributed by atoms with van der Waals surface area (Å²) in [6.07, 6.45) is -4.68. The van der Waals surface area contributed by atoms with Gasteiger partial charge in [0, 0.05) is 0 Å². The number of alkyl halides is 3. The Hall–Kier alpha value is -2.58. The number of halogens is 3. The van der Waals surface area contributed by atoms with Crippen molar-refractivity contribution in [2.24, 2.45) is 0 Å². The highest BCUT2D eigenvalue weighted by atomic mass is 19.4. The summed E-state index contributed by atoms with van der Waals surface area (Å²) in [5, 5.41) is 5.12. The number of hydrogen-bond donors (Lipinski definition) is 1. The van der Waals surface area contributed by atoms with Gasteiger partial charge in [-0.05, 0) is 37.1 Å². The number of rotatable bonds is 5. The lowest BCUT2D eigenvalue weighted by Gasteiger charge is -2.08. The first-order valence-corrected chi connectivity index (χ1v) is 6.61. The van der Waals surface area contributed by atoms with Gasteiger partial charge in [-0.1, -0.05) is 11.2 Å². The van der Waals surface area contributed by atoms with Gasteiger partial charge in [-0.25, -0.2) is 0 Å². The molecule has 2 rings (SSSR count). The molecule has 1 aromatic carbocycles. The minimum atomic E-state index is -4.68. The third-order valence-corrected chi connectivity index (χ3v) is 2.72. The van der Waals surface area contributed by atoms with Crippen molar-refractivity contribution in [3.8, 4) is 5.75 Å². The van der Waals surface area contributed by atoms with E-state index in [0.29, 0.717) is 5.75 Å². The van der Waals surface area contributed by atoms with E-state index in [1.807, 2.05) is 19.9 Å². The molecule has 0 unspecified atom stereocenters. The number of nitrogens with zero attached hydrogens (tertiary/aromatic N) is 2. The predicted octanol–water partition coefficient (Wildman–Crippen LogP) is 2.40. The van der Waals surface area contributed by atoms with Gasteiger partial charge in [0.15, 0.2) is 6.61 Å². The highest BCUT2D eigenvalue weighted by Gasteiger charge is 2.37. The molecule has 23 heavy (non-hydrogen) atoms. The topological polar surface area (TPSA) is 77.2 Å². The maximum atomic E-state index is 12.3. The fourth-order valence-corrected chi connectivity index (χ4v) is 1.83. The Kier molecular flexibility index (Phi) is 4.87. The van der Waals surface area contributed by atoms with E-state index in [-0.39, 0.29) is 19.0 Å². The first-order valence-electron chi connectivity index (χ1n) is 6.61. The first kappa shape index (κ1) is 16.8. The lowest BCUT2D eigenvalue weighted by Crippen LogP contribution is -2.28. The van der Waals surface area contributed by atoms with Crippen molar-refractivity contribution in [3.63, 3.8) is 0 Å². The van der Waals surface area contributed by atoms with E-state index >= 15 is 0 Å². The Balaban J connectivity index is 1.82. The average molecular weight is 329 g/mol. The molecule has 1 N–H and O–H groups in total. The summed E-state index contributed by atoms with van der Waals surface area (Å²) in [7, 11) is 0. The molecule has 0 saturated carbocycles. The first-order chi connectivity index (χ1) is 10.7. The molecule has 1 heterocycles. The van der Waals surface area contributed by atoms with Crippen LogP contribution in [0.1, 0.15) is 22.8 Å². The SMILES string of the molecule is Cc1cc(C)cc(OCC(=O)NCc2nc(C(F)(F)F)no2)c1. The van der Waals surface area contributed by atoms with E-state index in [4.69, 9.17) is 4.74 Å². The predicted molar refractivity (Wildman–Crippen MR) is 72.6 cm³/mol. The minimum Gasteiger partial charge on any atom is -0.484 e. The van der Waals surface area contributed by atoms with Crippen molar-refractivity contribution < 1.29 is 27.2 Å². The van der Waals surface area contributed by atoms with Crippen LogP contribution in [-0.2, 0) is 17.5 Å². The maximum Gasteiger partial charge on any atom is 0.455 e. The number of aromatic nitrogens is 2. The van der Waals surface area contributed by atoms with Crippen molar-refractivity contribution in [1.82, 2.24) is 15.5 Å². The van der Waals surface area contributed by atoms with Gasteiger partial charge in [0.2, 0.25) is 5.89 Å². The number of amides is 1. The third kappa shape index (κ3) is 4.97. The summed E-state index contributed by atoms with van der Waals surface area (Å²) in [4.78, 5) is 14.8.